The molecule has 9 nitrogen and oxygen atoms in total. The highest BCUT2D eigenvalue weighted by Crippen LogP contribution is 2.17. The van der Waals surface area contributed by atoms with E-state index in [-0.39, 0.29) is 11.6 Å². The second-order valence-corrected chi connectivity index (χ2v) is 6.87. The zero-order valence-electron chi connectivity index (χ0n) is 14.4. The second-order valence-electron chi connectivity index (χ2n) is 6.87. The maximum absolute atomic E-state index is 13.1. The van der Waals surface area contributed by atoms with Crippen molar-refractivity contribution in [2.75, 3.05) is 39.4 Å². The number of aromatic nitrogens is 5. The predicted molar refractivity (Wildman–Crippen MR) is 86.4 cm³/mol. The fourth-order valence-corrected chi connectivity index (χ4v) is 2.81. The van der Waals surface area contributed by atoms with Crippen molar-refractivity contribution >= 4 is 17.2 Å². The number of amides is 1. The van der Waals surface area contributed by atoms with Crippen LogP contribution in [0, 0.1) is 0 Å². The lowest BCUT2D eigenvalue weighted by Crippen LogP contribution is -2.51. The second kappa shape index (κ2) is 6.78. The Morgan fingerprint density at radius 2 is 2.12 bits per heavy atom. The molecule has 130 valence electrons. The van der Waals surface area contributed by atoms with Crippen LogP contribution in [0.1, 0.15) is 20.8 Å². The minimum Gasteiger partial charge on any atom is -0.379 e. The number of imidazole rings is 1. The lowest BCUT2D eigenvalue weighted by atomic mass is 10.1. The Morgan fingerprint density at radius 1 is 1.38 bits per heavy atom. The Balaban J connectivity index is 1.79. The molecule has 2 aromatic heterocycles. The average molecular weight is 334 g/mol. The number of carbonyl (C=O) groups is 1. The van der Waals surface area contributed by atoms with E-state index >= 15 is 0 Å². The molecule has 1 fully saturated rings. The molecule has 2 aromatic rings. The Labute approximate surface area is 140 Å². The van der Waals surface area contributed by atoms with Gasteiger partial charge < -0.3 is 9.64 Å². The van der Waals surface area contributed by atoms with Crippen LogP contribution in [0.3, 0.4) is 0 Å². The van der Waals surface area contributed by atoms with Crippen molar-refractivity contribution in [3.63, 3.8) is 0 Å². The molecule has 1 aliphatic heterocycles. The molecule has 24 heavy (non-hydrogen) atoms. The van der Waals surface area contributed by atoms with Crippen LogP contribution in [0.2, 0.25) is 0 Å². The van der Waals surface area contributed by atoms with Crippen molar-refractivity contribution < 1.29 is 14.5 Å². The summed E-state index contributed by atoms with van der Waals surface area (Å²) in [6.07, 6.45) is 3.15. The van der Waals surface area contributed by atoms with E-state index in [1.54, 1.807) is 17.1 Å². The summed E-state index contributed by atoms with van der Waals surface area (Å²) in [6.45, 7) is 10.9. The van der Waals surface area contributed by atoms with Gasteiger partial charge in [-0.1, -0.05) is 0 Å². The first-order chi connectivity index (χ1) is 11.5. The van der Waals surface area contributed by atoms with Gasteiger partial charge in [0.25, 0.3) is 0 Å². The number of fused-ring (bicyclic) bond motifs is 1. The normalized spacial score (nSPS) is 16.5. The van der Waals surface area contributed by atoms with E-state index in [9.17, 15) is 4.79 Å². The zero-order chi connectivity index (χ0) is 17.2. The number of hydrogen-bond donors (Lipinski definition) is 0. The van der Waals surface area contributed by atoms with Gasteiger partial charge in [0.05, 0.1) is 19.4 Å². The van der Waals surface area contributed by atoms with Crippen LogP contribution in [0.15, 0.2) is 12.5 Å². The molecular weight excluding hydrogens is 310 g/mol. The van der Waals surface area contributed by atoms with Crippen LogP contribution in [0.25, 0.3) is 11.2 Å². The predicted octanol–water partition coefficient (Wildman–Crippen LogP) is 0.0412. The van der Waals surface area contributed by atoms with Crippen molar-refractivity contribution in [2.24, 2.45) is 0 Å². The molecule has 3 heterocycles. The molecule has 0 aliphatic carbocycles. The van der Waals surface area contributed by atoms with E-state index in [1.165, 1.54) is 0 Å². The first kappa shape index (κ1) is 16.7. The van der Waals surface area contributed by atoms with E-state index in [0.717, 1.165) is 32.8 Å². The summed E-state index contributed by atoms with van der Waals surface area (Å²) in [6, 6.07) is -0.100. The van der Waals surface area contributed by atoms with E-state index < -0.39 is 0 Å². The van der Waals surface area contributed by atoms with Gasteiger partial charge in [-0.3, -0.25) is 4.90 Å². The number of aromatic amines is 1. The van der Waals surface area contributed by atoms with Gasteiger partial charge in [0.1, 0.15) is 0 Å². The minimum atomic E-state index is -0.298. The summed E-state index contributed by atoms with van der Waals surface area (Å²) in [5.74, 6) is 0. The highest BCUT2D eigenvalue weighted by atomic mass is 16.5. The lowest BCUT2D eigenvalue weighted by Gasteiger charge is -2.36. The third-order valence-electron chi connectivity index (χ3n) is 4.20. The van der Waals surface area contributed by atoms with Crippen molar-refractivity contribution in [1.29, 1.82) is 0 Å². The number of nitrogens with zero attached hydrogens (tertiary/aromatic N) is 6. The first-order valence-electron chi connectivity index (χ1n) is 8.16. The average Bonchev–Trinajstić information content (AvgIpc) is 2.98. The highest BCUT2D eigenvalue weighted by molar-refractivity contribution is 5.86. The SMILES string of the molecule is CC(C)(C)N(CCN1CCOCC1)C(=O)n1c[nH+]c2nnncc21. The molecule has 0 unspecified atom stereocenters. The lowest BCUT2D eigenvalue weighted by molar-refractivity contribution is -0.349. The molecule has 1 aliphatic rings. The van der Waals surface area contributed by atoms with Gasteiger partial charge in [-0.05, 0) is 20.8 Å². The largest absolute Gasteiger partial charge is 0.387 e. The molecule has 0 radical (unpaired) electrons. The maximum atomic E-state index is 13.1. The number of hydrogen-bond acceptors (Lipinski definition) is 6. The molecule has 0 spiro atoms. The van der Waals surface area contributed by atoms with E-state index in [0.29, 0.717) is 17.7 Å². The molecule has 3 rings (SSSR count). The number of ether oxygens (including phenoxy) is 1. The van der Waals surface area contributed by atoms with Crippen molar-refractivity contribution in [3.8, 4) is 0 Å². The van der Waals surface area contributed by atoms with Gasteiger partial charge in [0.15, 0.2) is 6.33 Å². The van der Waals surface area contributed by atoms with Crippen molar-refractivity contribution in [2.45, 2.75) is 26.3 Å². The molecule has 1 N–H and O–H groups in total. The van der Waals surface area contributed by atoms with Gasteiger partial charge >= 0.3 is 11.7 Å². The van der Waals surface area contributed by atoms with Crippen LogP contribution in [-0.2, 0) is 4.74 Å². The summed E-state index contributed by atoms with van der Waals surface area (Å²) in [5, 5.41) is 11.3. The quantitative estimate of drug-likeness (QED) is 0.787. The highest BCUT2D eigenvalue weighted by Gasteiger charge is 2.31. The standard InChI is InChI=1S/C15H23N7O2/c1-15(2,3)22(5-4-20-6-8-24-9-7-20)14(23)21-11-16-13-12(21)10-17-19-18-13/h10-11H,4-9H2,1-3H3/p+1. The molecule has 0 aromatic carbocycles. The number of nitrogens with one attached hydrogen (secondary N) is 1. The van der Waals surface area contributed by atoms with Gasteiger partial charge in [0.2, 0.25) is 5.52 Å². The van der Waals surface area contributed by atoms with Crippen LogP contribution < -0.4 is 4.98 Å². The van der Waals surface area contributed by atoms with Crippen LogP contribution in [0.4, 0.5) is 4.79 Å². The summed E-state index contributed by atoms with van der Waals surface area (Å²) >= 11 is 0. The summed E-state index contributed by atoms with van der Waals surface area (Å²) in [5.41, 5.74) is 0.865. The molecule has 0 saturated carbocycles. The number of rotatable bonds is 3. The van der Waals surface area contributed by atoms with Gasteiger partial charge in [-0.2, -0.15) is 4.57 Å². The Hall–Kier alpha value is -2.13. The Kier molecular flexibility index (Phi) is 4.72. The first-order valence-corrected chi connectivity index (χ1v) is 8.16. The van der Waals surface area contributed by atoms with Gasteiger partial charge in [0, 0.05) is 42.0 Å². The molecule has 1 saturated heterocycles. The van der Waals surface area contributed by atoms with Crippen LogP contribution >= 0.6 is 0 Å². The number of carbonyl (C=O) groups excluding carboxylic acids is 1. The maximum Gasteiger partial charge on any atom is 0.387 e. The Bertz CT molecular complexity index is 703. The number of H-pyrrole nitrogens is 1. The Morgan fingerprint density at radius 3 is 2.83 bits per heavy atom. The number of morpholine rings is 1. The zero-order valence-corrected chi connectivity index (χ0v) is 14.4. The third kappa shape index (κ3) is 3.51. The fourth-order valence-electron chi connectivity index (χ4n) is 2.81. The molecular formula is C15H24N7O2+. The van der Waals surface area contributed by atoms with E-state index in [2.05, 4.69) is 25.3 Å². The monoisotopic (exact) mass is 334 g/mol. The smallest absolute Gasteiger partial charge is 0.379 e. The molecule has 9 heteroatoms. The van der Waals surface area contributed by atoms with Crippen molar-refractivity contribution in [3.05, 3.63) is 12.5 Å². The van der Waals surface area contributed by atoms with Crippen molar-refractivity contribution in [1.82, 2.24) is 29.8 Å². The van der Waals surface area contributed by atoms with E-state index in [4.69, 9.17) is 4.74 Å². The fraction of sp³-hybridized carbons (Fsp3) is 0.667. The molecule has 0 bridgehead atoms. The summed E-state index contributed by atoms with van der Waals surface area (Å²) in [7, 11) is 0. The van der Waals surface area contributed by atoms with Crippen LogP contribution in [-0.4, -0.2) is 80.7 Å². The van der Waals surface area contributed by atoms with Gasteiger partial charge in [-0.25, -0.2) is 9.78 Å². The molecule has 1 amide bonds. The summed E-state index contributed by atoms with van der Waals surface area (Å²) < 4.78 is 6.92. The minimum absolute atomic E-state index is 0.100. The van der Waals surface area contributed by atoms with Crippen LogP contribution in [0.5, 0.6) is 0 Å². The topological polar surface area (TPSA) is 90.5 Å². The van der Waals surface area contributed by atoms with Gasteiger partial charge in [-0.15, -0.1) is 5.10 Å². The third-order valence-corrected chi connectivity index (χ3v) is 4.20. The molecule has 0 atom stereocenters. The van der Waals surface area contributed by atoms with E-state index in [1.807, 2.05) is 25.7 Å². The summed E-state index contributed by atoms with van der Waals surface area (Å²) in [4.78, 5) is 20.2.